The zero-order valence-electron chi connectivity index (χ0n) is 21.0. The van der Waals surface area contributed by atoms with Crippen molar-refractivity contribution in [2.24, 2.45) is 0 Å². The van der Waals surface area contributed by atoms with Crippen molar-refractivity contribution in [2.75, 3.05) is 11.4 Å². The van der Waals surface area contributed by atoms with Crippen LogP contribution in [0.3, 0.4) is 0 Å². The summed E-state index contributed by atoms with van der Waals surface area (Å²) in [6.45, 7) is 6.53. The normalized spacial score (nSPS) is 14.1. The highest BCUT2D eigenvalue weighted by Gasteiger charge is 2.30. The van der Waals surface area contributed by atoms with Gasteiger partial charge in [0.05, 0.1) is 5.69 Å². The Morgan fingerprint density at radius 3 is 2.42 bits per heavy atom. The van der Waals surface area contributed by atoms with Gasteiger partial charge < -0.3 is 15.1 Å². The SMILES string of the molecule is CC[C@H](C)NC(=O)[C@H](C)N(Cc1ccc(Br)cc1)C(=O)CCCN1C(=O)c2cccc3cccc1c23. The number of halogens is 1. The molecule has 4 rings (SSSR count). The summed E-state index contributed by atoms with van der Waals surface area (Å²) >= 11 is 3.44. The third-order valence-corrected chi connectivity index (χ3v) is 7.38. The van der Waals surface area contributed by atoms with Crippen molar-refractivity contribution < 1.29 is 14.4 Å². The highest BCUT2D eigenvalue weighted by molar-refractivity contribution is 9.10. The van der Waals surface area contributed by atoms with Crippen molar-refractivity contribution in [1.29, 1.82) is 0 Å². The fourth-order valence-corrected chi connectivity index (χ4v) is 4.83. The Hall–Kier alpha value is -3.19. The minimum atomic E-state index is -0.610. The number of nitrogens with zero attached hydrogens (tertiary/aromatic N) is 2. The van der Waals surface area contributed by atoms with E-state index in [4.69, 9.17) is 0 Å². The van der Waals surface area contributed by atoms with Crippen molar-refractivity contribution in [3.8, 4) is 0 Å². The van der Waals surface area contributed by atoms with Crippen LogP contribution in [0.1, 0.15) is 56.0 Å². The van der Waals surface area contributed by atoms with Gasteiger partial charge in [0.1, 0.15) is 6.04 Å². The largest absolute Gasteiger partial charge is 0.352 e. The molecular formula is C29H32BrN3O3. The molecule has 3 aromatic carbocycles. The highest BCUT2D eigenvalue weighted by atomic mass is 79.9. The van der Waals surface area contributed by atoms with Crippen LogP contribution < -0.4 is 10.2 Å². The lowest BCUT2D eigenvalue weighted by Gasteiger charge is -2.30. The molecule has 0 bridgehead atoms. The van der Waals surface area contributed by atoms with Crippen molar-refractivity contribution in [1.82, 2.24) is 10.2 Å². The molecule has 0 saturated carbocycles. The Morgan fingerprint density at radius 2 is 1.72 bits per heavy atom. The maximum atomic E-state index is 13.4. The fourth-order valence-electron chi connectivity index (χ4n) is 4.57. The predicted molar refractivity (Wildman–Crippen MR) is 147 cm³/mol. The lowest BCUT2D eigenvalue weighted by atomic mass is 10.1. The number of hydrogen-bond acceptors (Lipinski definition) is 3. The molecule has 2 atom stereocenters. The molecule has 0 fully saturated rings. The number of hydrogen-bond donors (Lipinski definition) is 1. The summed E-state index contributed by atoms with van der Waals surface area (Å²) in [7, 11) is 0. The van der Waals surface area contributed by atoms with Crippen molar-refractivity contribution >= 4 is 50.1 Å². The Morgan fingerprint density at radius 1 is 1.03 bits per heavy atom. The molecular weight excluding hydrogens is 518 g/mol. The van der Waals surface area contributed by atoms with Gasteiger partial charge in [0.2, 0.25) is 11.8 Å². The quantitative estimate of drug-likeness (QED) is 0.354. The second kappa shape index (κ2) is 11.2. The van der Waals surface area contributed by atoms with Gasteiger partial charge in [-0.05, 0) is 61.9 Å². The van der Waals surface area contributed by atoms with Gasteiger partial charge >= 0.3 is 0 Å². The molecule has 0 radical (unpaired) electrons. The molecule has 1 aliphatic heterocycles. The maximum absolute atomic E-state index is 13.4. The van der Waals surface area contributed by atoms with Gasteiger partial charge in [-0.25, -0.2) is 0 Å². The summed E-state index contributed by atoms with van der Waals surface area (Å²) in [5.41, 5.74) is 2.56. The van der Waals surface area contributed by atoms with Gasteiger partial charge in [-0.2, -0.15) is 0 Å². The third kappa shape index (κ3) is 5.46. The Kier molecular flexibility index (Phi) is 8.09. The zero-order chi connectivity index (χ0) is 25.8. The van der Waals surface area contributed by atoms with E-state index in [0.29, 0.717) is 25.1 Å². The molecule has 0 spiro atoms. The molecule has 0 aromatic heterocycles. The zero-order valence-corrected chi connectivity index (χ0v) is 22.5. The monoisotopic (exact) mass is 549 g/mol. The van der Waals surface area contributed by atoms with Crippen LogP contribution in [0.2, 0.25) is 0 Å². The third-order valence-electron chi connectivity index (χ3n) is 6.86. The molecule has 7 heteroatoms. The lowest BCUT2D eigenvalue weighted by molar-refractivity contribution is -0.140. The van der Waals surface area contributed by atoms with Gasteiger partial charge in [0, 0.05) is 41.0 Å². The Bertz CT molecular complexity index is 1270. The lowest BCUT2D eigenvalue weighted by Crippen LogP contribution is -2.49. The molecule has 188 valence electrons. The average Bonchev–Trinajstić information content (AvgIpc) is 3.15. The Balaban J connectivity index is 1.46. The number of nitrogens with one attached hydrogen (secondary N) is 1. The first-order valence-corrected chi connectivity index (χ1v) is 13.3. The summed E-state index contributed by atoms with van der Waals surface area (Å²) in [4.78, 5) is 42.8. The van der Waals surface area contributed by atoms with Crippen LogP contribution in [0.4, 0.5) is 5.69 Å². The number of benzene rings is 3. The number of anilines is 1. The van der Waals surface area contributed by atoms with Gasteiger partial charge in [0.15, 0.2) is 0 Å². The van der Waals surface area contributed by atoms with Gasteiger partial charge in [-0.1, -0.05) is 59.3 Å². The van der Waals surface area contributed by atoms with Crippen LogP contribution in [-0.4, -0.2) is 41.2 Å². The second-order valence-corrected chi connectivity index (χ2v) is 10.3. The van der Waals surface area contributed by atoms with Crippen molar-refractivity contribution in [2.45, 2.75) is 58.7 Å². The van der Waals surface area contributed by atoms with Crippen molar-refractivity contribution in [3.63, 3.8) is 0 Å². The van der Waals surface area contributed by atoms with Gasteiger partial charge in [-0.15, -0.1) is 0 Å². The molecule has 3 amide bonds. The molecule has 0 unspecified atom stereocenters. The van der Waals surface area contributed by atoms with E-state index in [-0.39, 0.29) is 30.2 Å². The highest BCUT2D eigenvalue weighted by Crippen LogP contribution is 2.37. The topological polar surface area (TPSA) is 69.7 Å². The molecule has 1 N–H and O–H groups in total. The first-order chi connectivity index (χ1) is 17.3. The minimum absolute atomic E-state index is 0.0257. The van der Waals surface area contributed by atoms with Gasteiger partial charge in [0.25, 0.3) is 5.91 Å². The summed E-state index contributed by atoms with van der Waals surface area (Å²) < 4.78 is 0.956. The smallest absolute Gasteiger partial charge is 0.258 e. The van der Waals surface area contributed by atoms with E-state index in [9.17, 15) is 14.4 Å². The molecule has 1 aliphatic rings. The minimum Gasteiger partial charge on any atom is -0.352 e. The van der Waals surface area contributed by atoms with Crippen LogP contribution in [0.25, 0.3) is 10.8 Å². The van der Waals surface area contributed by atoms with Crippen molar-refractivity contribution in [3.05, 3.63) is 76.3 Å². The van der Waals surface area contributed by atoms with E-state index < -0.39 is 6.04 Å². The summed E-state index contributed by atoms with van der Waals surface area (Å²) in [6.07, 6.45) is 1.57. The molecule has 1 heterocycles. The molecule has 6 nitrogen and oxygen atoms in total. The molecule has 0 aliphatic carbocycles. The van der Waals surface area contributed by atoms with E-state index in [0.717, 1.165) is 32.9 Å². The van der Waals surface area contributed by atoms with E-state index >= 15 is 0 Å². The average molecular weight is 550 g/mol. The van der Waals surface area contributed by atoms with Crippen LogP contribution in [0, 0.1) is 0 Å². The van der Waals surface area contributed by atoms with E-state index in [1.165, 1.54) is 0 Å². The van der Waals surface area contributed by atoms with Crippen LogP contribution in [-0.2, 0) is 16.1 Å². The first-order valence-electron chi connectivity index (χ1n) is 12.5. The fraction of sp³-hybridized carbons (Fsp3) is 0.345. The maximum Gasteiger partial charge on any atom is 0.258 e. The van der Waals surface area contributed by atoms with E-state index in [1.54, 1.807) is 16.7 Å². The van der Waals surface area contributed by atoms with E-state index in [2.05, 4.69) is 21.2 Å². The first kappa shape index (κ1) is 25.9. The second-order valence-electron chi connectivity index (χ2n) is 9.38. The molecule has 3 aromatic rings. The summed E-state index contributed by atoms with van der Waals surface area (Å²) in [5.74, 6) is -0.291. The number of carbonyl (C=O) groups is 3. The standard InChI is InChI=1S/C29H32BrN3O3/c1-4-19(2)31-28(35)20(3)33(18-21-13-15-23(30)16-14-21)26(34)12-7-17-32-25-11-6-9-22-8-5-10-24(27(22)25)29(32)36/h5-6,8-11,13-16,19-20H,4,7,12,17-18H2,1-3H3,(H,31,35)/t19-,20-/m0/s1. The van der Waals surface area contributed by atoms with Crippen LogP contribution >= 0.6 is 15.9 Å². The Labute approximate surface area is 220 Å². The summed E-state index contributed by atoms with van der Waals surface area (Å²) in [6, 6.07) is 18.9. The number of amides is 3. The number of rotatable bonds is 10. The molecule has 36 heavy (non-hydrogen) atoms. The summed E-state index contributed by atoms with van der Waals surface area (Å²) in [5, 5.41) is 5.01. The van der Waals surface area contributed by atoms with Gasteiger partial charge in [-0.3, -0.25) is 14.4 Å². The van der Waals surface area contributed by atoms with Crippen LogP contribution in [0.5, 0.6) is 0 Å². The van der Waals surface area contributed by atoms with Crippen LogP contribution in [0.15, 0.2) is 65.1 Å². The molecule has 0 saturated heterocycles. The predicted octanol–water partition coefficient (Wildman–Crippen LogP) is 5.67. The van der Waals surface area contributed by atoms with E-state index in [1.807, 2.05) is 74.5 Å². The number of carbonyl (C=O) groups excluding carboxylic acids is 3.